The van der Waals surface area contributed by atoms with Crippen molar-refractivity contribution < 1.29 is 23.8 Å². The van der Waals surface area contributed by atoms with Gasteiger partial charge in [-0.25, -0.2) is 0 Å². The van der Waals surface area contributed by atoms with Gasteiger partial charge in [0.2, 0.25) is 0 Å². The molecule has 17 heavy (non-hydrogen) atoms. The highest BCUT2D eigenvalue weighted by Gasteiger charge is 2.43. The molecule has 0 aromatic carbocycles. The number of hydrogen-bond acceptors (Lipinski definition) is 3. The summed E-state index contributed by atoms with van der Waals surface area (Å²) < 4.78 is 22.2. The van der Waals surface area contributed by atoms with Crippen LogP contribution in [-0.2, 0) is 14.0 Å². The van der Waals surface area contributed by atoms with E-state index in [9.17, 15) is 4.57 Å². The fourth-order valence-electron chi connectivity index (χ4n) is 1.03. The van der Waals surface area contributed by atoms with Gasteiger partial charge in [-0.3, -0.25) is 4.57 Å². The van der Waals surface area contributed by atoms with Crippen LogP contribution in [0.25, 0.3) is 0 Å². The molecule has 6 heteroatoms. The fourth-order valence-corrected chi connectivity index (χ4v) is 1.33. The van der Waals surface area contributed by atoms with Crippen LogP contribution in [0.1, 0.15) is 34.6 Å². The Labute approximate surface area is 103 Å². The van der Waals surface area contributed by atoms with Gasteiger partial charge in [-0.2, -0.15) is 0 Å². The molecule has 0 fully saturated rings. The highest BCUT2D eigenvalue weighted by molar-refractivity contribution is 7.53. The molecule has 0 aliphatic carbocycles. The first-order valence-corrected chi connectivity index (χ1v) is 7.03. The van der Waals surface area contributed by atoms with E-state index in [1.807, 2.05) is 0 Å². The zero-order valence-electron chi connectivity index (χ0n) is 11.1. The molecule has 0 aliphatic rings. The molecule has 0 radical (unpaired) electrons. The molecular weight excluding hydrogens is 243 g/mol. The smallest absolute Gasteiger partial charge is 0.356 e. The van der Waals surface area contributed by atoms with Gasteiger partial charge in [0, 0.05) is 0 Å². The van der Waals surface area contributed by atoms with Crippen molar-refractivity contribution in [2.24, 2.45) is 0 Å². The summed E-state index contributed by atoms with van der Waals surface area (Å²) >= 11 is 0. The summed E-state index contributed by atoms with van der Waals surface area (Å²) in [5.41, 5.74) is -0.652. The van der Waals surface area contributed by atoms with Crippen molar-refractivity contribution in [1.82, 2.24) is 0 Å². The van der Waals surface area contributed by atoms with Crippen LogP contribution in [0.15, 0.2) is 12.7 Å². The summed E-state index contributed by atoms with van der Waals surface area (Å²) in [5.74, 6) is 0. The first-order valence-electron chi connectivity index (χ1n) is 5.42. The molecule has 0 heterocycles. The zero-order valence-corrected chi connectivity index (χ0v) is 12.0. The fraction of sp³-hybridized carbons (Fsp3) is 0.818. The van der Waals surface area contributed by atoms with E-state index in [-0.39, 0.29) is 0 Å². The lowest BCUT2D eigenvalue weighted by Crippen LogP contribution is -2.43. The maximum atomic E-state index is 11.2. The van der Waals surface area contributed by atoms with Gasteiger partial charge in [-0.1, -0.05) is 6.08 Å². The molecule has 0 amide bonds. The third-order valence-electron chi connectivity index (χ3n) is 2.72. The highest BCUT2D eigenvalue weighted by Crippen LogP contribution is 2.51. The van der Waals surface area contributed by atoms with Crippen molar-refractivity contribution in [3.05, 3.63) is 12.7 Å². The van der Waals surface area contributed by atoms with E-state index in [0.29, 0.717) is 6.61 Å². The Hall–Kier alpha value is -0.190. The second-order valence-corrected chi connectivity index (χ2v) is 7.12. The molecule has 0 aliphatic heterocycles. The first kappa shape index (κ1) is 16.8. The molecule has 5 nitrogen and oxygen atoms in total. The van der Waals surface area contributed by atoms with E-state index >= 15 is 0 Å². The van der Waals surface area contributed by atoms with E-state index in [0.717, 1.165) is 0 Å². The van der Waals surface area contributed by atoms with Gasteiger partial charge in [0.15, 0.2) is 5.34 Å². The maximum absolute atomic E-state index is 11.2. The topological polar surface area (TPSA) is 76.0 Å². The van der Waals surface area contributed by atoms with E-state index in [1.165, 1.54) is 13.8 Å². The van der Waals surface area contributed by atoms with Gasteiger partial charge in [0.1, 0.15) is 0 Å². The van der Waals surface area contributed by atoms with Gasteiger partial charge in [-0.15, -0.1) is 6.58 Å². The number of ether oxygens (including phenoxy) is 2. The van der Waals surface area contributed by atoms with Crippen LogP contribution in [0.5, 0.6) is 0 Å². The van der Waals surface area contributed by atoms with E-state index in [1.54, 1.807) is 26.8 Å². The molecule has 1 atom stereocenters. The molecule has 0 saturated heterocycles. The molecule has 0 saturated carbocycles. The number of hydrogen-bond donors (Lipinski definition) is 2. The van der Waals surface area contributed by atoms with Crippen molar-refractivity contribution in [2.75, 3.05) is 6.61 Å². The molecule has 102 valence electrons. The summed E-state index contributed by atoms with van der Waals surface area (Å²) in [5, 5.41) is -1.53. The minimum absolute atomic E-state index is 0.358. The predicted octanol–water partition coefficient (Wildman–Crippen LogP) is 2.29. The molecular formula is C11H23O5P. The SMILES string of the molecule is C=CCOC(C)(C)C(C)OC(C)(C)P(=O)(O)O. The Morgan fingerprint density at radius 3 is 2.18 bits per heavy atom. The second-order valence-electron chi connectivity index (χ2n) is 4.95. The van der Waals surface area contributed by atoms with Crippen LogP contribution in [0.4, 0.5) is 0 Å². The van der Waals surface area contributed by atoms with Gasteiger partial charge < -0.3 is 19.3 Å². The highest BCUT2D eigenvalue weighted by atomic mass is 31.2. The Morgan fingerprint density at radius 1 is 1.35 bits per heavy atom. The molecule has 0 aromatic heterocycles. The van der Waals surface area contributed by atoms with Crippen LogP contribution in [-0.4, -0.2) is 33.4 Å². The molecule has 0 rings (SSSR count). The Morgan fingerprint density at radius 2 is 1.82 bits per heavy atom. The molecule has 2 N–H and O–H groups in total. The summed E-state index contributed by atoms with van der Waals surface area (Å²) in [6.07, 6.45) is 1.15. The van der Waals surface area contributed by atoms with Crippen LogP contribution in [0, 0.1) is 0 Å². The molecule has 0 bridgehead atoms. The first-order chi connectivity index (χ1) is 7.44. The lowest BCUT2D eigenvalue weighted by molar-refractivity contribution is -0.143. The van der Waals surface area contributed by atoms with Crippen LogP contribution >= 0.6 is 7.60 Å². The average Bonchev–Trinajstić information content (AvgIpc) is 2.12. The Kier molecular flexibility index (Phi) is 5.57. The monoisotopic (exact) mass is 266 g/mol. The van der Waals surface area contributed by atoms with Gasteiger partial charge >= 0.3 is 7.60 Å². The summed E-state index contributed by atoms with van der Waals surface area (Å²) in [6, 6.07) is 0. The standard InChI is InChI=1S/C11H23O5P/c1-7-8-15-10(3,4)9(2)16-11(5,6)17(12,13)14/h7,9H,1,8H2,2-6H3,(H2,12,13,14). The molecule has 0 aromatic rings. The van der Waals surface area contributed by atoms with E-state index in [4.69, 9.17) is 19.3 Å². The quantitative estimate of drug-likeness (QED) is 0.546. The Balaban J connectivity index is 4.68. The van der Waals surface area contributed by atoms with Crippen LogP contribution in [0.3, 0.4) is 0 Å². The predicted molar refractivity (Wildman–Crippen MR) is 66.9 cm³/mol. The Bertz CT molecular complexity index is 305. The molecule has 0 spiro atoms. The number of rotatable bonds is 7. The van der Waals surface area contributed by atoms with Crippen molar-refractivity contribution in [3.63, 3.8) is 0 Å². The van der Waals surface area contributed by atoms with Gasteiger partial charge in [0.25, 0.3) is 0 Å². The minimum Gasteiger partial charge on any atom is -0.369 e. The zero-order chi connectivity index (χ0) is 13.9. The third-order valence-corrected chi connectivity index (χ3v) is 4.23. The van der Waals surface area contributed by atoms with Gasteiger partial charge in [0.05, 0.1) is 18.3 Å². The average molecular weight is 266 g/mol. The van der Waals surface area contributed by atoms with Crippen molar-refractivity contribution in [3.8, 4) is 0 Å². The second kappa shape index (κ2) is 5.63. The van der Waals surface area contributed by atoms with E-state index in [2.05, 4.69) is 6.58 Å². The van der Waals surface area contributed by atoms with Gasteiger partial charge in [-0.05, 0) is 34.6 Å². The summed E-state index contributed by atoms with van der Waals surface area (Å²) in [6.45, 7) is 12.0. The molecule has 1 unspecified atom stereocenters. The lowest BCUT2D eigenvalue weighted by atomic mass is 10.0. The van der Waals surface area contributed by atoms with Crippen molar-refractivity contribution in [1.29, 1.82) is 0 Å². The normalized spacial score (nSPS) is 15.7. The van der Waals surface area contributed by atoms with Crippen LogP contribution < -0.4 is 0 Å². The van der Waals surface area contributed by atoms with Crippen molar-refractivity contribution in [2.45, 2.75) is 51.7 Å². The van der Waals surface area contributed by atoms with Crippen LogP contribution in [0.2, 0.25) is 0 Å². The lowest BCUT2D eigenvalue weighted by Gasteiger charge is -2.37. The largest absolute Gasteiger partial charge is 0.369 e. The maximum Gasteiger partial charge on any atom is 0.356 e. The third kappa shape index (κ3) is 4.90. The summed E-state index contributed by atoms with van der Waals surface area (Å²) in [7, 11) is -4.32. The summed E-state index contributed by atoms with van der Waals surface area (Å²) in [4.78, 5) is 18.3. The minimum atomic E-state index is -4.32. The van der Waals surface area contributed by atoms with E-state index < -0.39 is 24.6 Å². The van der Waals surface area contributed by atoms with Crippen molar-refractivity contribution >= 4 is 7.60 Å².